The fourth-order valence-electron chi connectivity index (χ4n) is 2.81. The van der Waals surface area contributed by atoms with Crippen LogP contribution in [0.25, 0.3) is 0 Å². The van der Waals surface area contributed by atoms with Crippen molar-refractivity contribution in [2.24, 2.45) is 0 Å². The van der Waals surface area contributed by atoms with Crippen LogP contribution in [0.4, 0.5) is 0 Å². The molecule has 3 aromatic rings. The second kappa shape index (κ2) is 9.99. The maximum absolute atomic E-state index is 10.4. The van der Waals surface area contributed by atoms with E-state index in [0.717, 1.165) is 11.1 Å². The Labute approximate surface area is 158 Å². The van der Waals surface area contributed by atoms with Crippen LogP contribution >= 0.6 is 0 Å². The zero-order valence-electron chi connectivity index (χ0n) is 14.9. The summed E-state index contributed by atoms with van der Waals surface area (Å²) in [6, 6.07) is 19.4. The van der Waals surface area contributed by atoms with Gasteiger partial charge in [0.15, 0.2) is 0 Å². The highest BCUT2D eigenvalue weighted by molar-refractivity contribution is 5.15. The van der Waals surface area contributed by atoms with Gasteiger partial charge in [-0.3, -0.25) is 0 Å². The van der Waals surface area contributed by atoms with Crippen molar-refractivity contribution < 1.29 is 19.7 Å². The van der Waals surface area contributed by atoms with Gasteiger partial charge >= 0.3 is 0 Å². The second-order valence-corrected chi connectivity index (χ2v) is 6.24. The van der Waals surface area contributed by atoms with E-state index in [-0.39, 0.29) is 0 Å². The van der Waals surface area contributed by atoms with Gasteiger partial charge in [-0.15, -0.1) is 0 Å². The number of hydrogen-bond donors (Lipinski definition) is 3. The summed E-state index contributed by atoms with van der Waals surface area (Å²) in [6.45, 7) is 0.203. The molecular weight excluding hydrogens is 344 g/mol. The summed E-state index contributed by atoms with van der Waals surface area (Å²) in [6.07, 6.45) is 0.711. The Kier molecular flexibility index (Phi) is 7.12. The number of aliphatic hydroxyl groups excluding tert-OH is 2. The maximum Gasteiger partial charge on any atom is 0.128 e. The topological polar surface area (TPSA) is 87.6 Å². The summed E-state index contributed by atoms with van der Waals surface area (Å²) < 4.78 is 12.1. The summed E-state index contributed by atoms with van der Waals surface area (Å²) in [7, 11) is 0. The van der Waals surface area contributed by atoms with Gasteiger partial charge in [0.1, 0.15) is 18.3 Å². The lowest BCUT2D eigenvalue weighted by molar-refractivity contribution is -0.144. The lowest BCUT2D eigenvalue weighted by Crippen LogP contribution is -2.38. The predicted molar refractivity (Wildman–Crippen MR) is 101 cm³/mol. The second-order valence-electron chi connectivity index (χ2n) is 6.24. The van der Waals surface area contributed by atoms with Crippen LogP contribution in [0.1, 0.15) is 22.9 Å². The molecule has 0 aliphatic carbocycles. The van der Waals surface area contributed by atoms with Crippen molar-refractivity contribution in [3.8, 4) is 0 Å². The van der Waals surface area contributed by atoms with Crippen LogP contribution in [-0.4, -0.2) is 39.0 Å². The molecule has 0 saturated heterocycles. The molecule has 0 fully saturated rings. The highest BCUT2D eigenvalue weighted by atomic mass is 16.5. The van der Waals surface area contributed by atoms with Crippen molar-refractivity contribution in [2.75, 3.05) is 6.61 Å². The number of H-pyrrole nitrogens is 1. The number of aromatic amines is 1. The molecule has 2 aromatic carbocycles. The van der Waals surface area contributed by atoms with Gasteiger partial charge in [-0.1, -0.05) is 60.7 Å². The van der Waals surface area contributed by atoms with Crippen molar-refractivity contribution in [2.45, 2.75) is 31.5 Å². The van der Waals surface area contributed by atoms with Crippen LogP contribution in [0, 0.1) is 0 Å². The van der Waals surface area contributed by atoms with Crippen molar-refractivity contribution >= 4 is 0 Å². The highest BCUT2D eigenvalue weighted by Gasteiger charge is 2.32. The van der Waals surface area contributed by atoms with E-state index in [0.29, 0.717) is 18.9 Å². The normalized spacial score (nSPS) is 14.6. The van der Waals surface area contributed by atoms with Crippen molar-refractivity contribution in [1.82, 2.24) is 9.97 Å². The summed E-state index contributed by atoms with van der Waals surface area (Å²) in [4.78, 5) is 7.07. The number of nitrogens with one attached hydrogen (secondary N) is 1. The SMILES string of the molecule is OC[C@@H](O)[C@H](OCc1ccccc1)[C@@H](OCc1ccccc1)c1cnc[nH]1. The van der Waals surface area contributed by atoms with Crippen molar-refractivity contribution in [3.63, 3.8) is 0 Å². The molecule has 0 aliphatic rings. The van der Waals surface area contributed by atoms with Crippen LogP contribution in [0.15, 0.2) is 73.2 Å². The van der Waals surface area contributed by atoms with Crippen molar-refractivity contribution in [1.29, 1.82) is 0 Å². The first-order valence-electron chi connectivity index (χ1n) is 8.86. The van der Waals surface area contributed by atoms with E-state index >= 15 is 0 Å². The zero-order chi connectivity index (χ0) is 18.9. The largest absolute Gasteiger partial charge is 0.394 e. The average molecular weight is 368 g/mol. The molecule has 0 saturated carbocycles. The monoisotopic (exact) mass is 368 g/mol. The molecule has 0 aliphatic heterocycles. The summed E-state index contributed by atoms with van der Waals surface area (Å²) in [5.41, 5.74) is 2.65. The smallest absolute Gasteiger partial charge is 0.128 e. The minimum Gasteiger partial charge on any atom is -0.394 e. The fourth-order valence-corrected chi connectivity index (χ4v) is 2.81. The molecule has 1 heterocycles. The first-order valence-corrected chi connectivity index (χ1v) is 8.86. The summed E-state index contributed by atoms with van der Waals surface area (Å²) in [5.74, 6) is 0. The van der Waals surface area contributed by atoms with Gasteiger partial charge in [0.2, 0.25) is 0 Å². The Morgan fingerprint density at radius 1 is 0.889 bits per heavy atom. The third-order valence-corrected chi connectivity index (χ3v) is 4.25. The Bertz CT molecular complexity index is 765. The van der Waals surface area contributed by atoms with Gasteiger partial charge in [0, 0.05) is 0 Å². The number of rotatable bonds is 10. The molecular formula is C21H24N2O4. The van der Waals surface area contributed by atoms with E-state index in [2.05, 4.69) is 9.97 Å². The van der Waals surface area contributed by atoms with Crippen LogP contribution < -0.4 is 0 Å². The van der Waals surface area contributed by atoms with E-state index in [1.54, 1.807) is 12.5 Å². The van der Waals surface area contributed by atoms with Gasteiger partial charge in [-0.25, -0.2) is 4.98 Å². The number of hydrogen-bond acceptors (Lipinski definition) is 5. The van der Waals surface area contributed by atoms with Gasteiger partial charge < -0.3 is 24.7 Å². The van der Waals surface area contributed by atoms with E-state index in [4.69, 9.17) is 9.47 Å². The Morgan fingerprint density at radius 3 is 2.00 bits per heavy atom. The first-order chi connectivity index (χ1) is 13.3. The van der Waals surface area contributed by atoms with Gasteiger partial charge in [0.05, 0.1) is 38.0 Å². The Hall–Kier alpha value is -2.51. The van der Waals surface area contributed by atoms with Crippen LogP contribution in [0.2, 0.25) is 0 Å². The molecule has 3 rings (SSSR count). The Morgan fingerprint density at radius 2 is 1.48 bits per heavy atom. The molecule has 0 bridgehead atoms. The third-order valence-electron chi connectivity index (χ3n) is 4.25. The molecule has 0 spiro atoms. The molecule has 3 N–H and O–H groups in total. The average Bonchev–Trinajstić information content (AvgIpc) is 3.26. The number of aliphatic hydroxyl groups is 2. The quantitative estimate of drug-likeness (QED) is 0.512. The summed E-state index contributed by atoms with van der Waals surface area (Å²) >= 11 is 0. The molecule has 6 nitrogen and oxygen atoms in total. The van der Waals surface area contributed by atoms with E-state index < -0.39 is 24.9 Å². The van der Waals surface area contributed by atoms with Gasteiger partial charge in [-0.05, 0) is 11.1 Å². The molecule has 27 heavy (non-hydrogen) atoms. The number of nitrogens with zero attached hydrogens (tertiary/aromatic N) is 1. The third kappa shape index (κ3) is 5.48. The van der Waals surface area contributed by atoms with Gasteiger partial charge in [-0.2, -0.15) is 0 Å². The maximum atomic E-state index is 10.4. The molecule has 0 amide bonds. The first kappa shape index (κ1) is 19.3. The van der Waals surface area contributed by atoms with Crippen LogP contribution in [0.5, 0.6) is 0 Å². The molecule has 0 radical (unpaired) electrons. The van der Waals surface area contributed by atoms with Crippen LogP contribution in [-0.2, 0) is 22.7 Å². The van der Waals surface area contributed by atoms with E-state index in [9.17, 15) is 10.2 Å². The van der Waals surface area contributed by atoms with E-state index in [1.807, 2.05) is 60.7 Å². The minimum atomic E-state index is -1.10. The fraction of sp³-hybridized carbons (Fsp3) is 0.286. The molecule has 0 unspecified atom stereocenters. The lowest BCUT2D eigenvalue weighted by Gasteiger charge is -2.29. The molecule has 1 aromatic heterocycles. The molecule has 142 valence electrons. The number of ether oxygens (including phenoxy) is 2. The Balaban J connectivity index is 1.76. The molecule has 3 atom stereocenters. The van der Waals surface area contributed by atoms with E-state index in [1.165, 1.54) is 0 Å². The number of benzene rings is 2. The van der Waals surface area contributed by atoms with Crippen molar-refractivity contribution in [3.05, 3.63) is 90.0 Å². The lowest BCUT2D eigenvalue weighted by atomic mass is 10.1. The standard InChI is InChI=1S/C21H24N2O4/c24-12-19(25)21(27-14-17-9-5-2-6-10-17)20(18-11-22-15-23-18)26-13-16-7-3-1-4-8-16/h1-11,15,19-21,24-25H,12-14H2,(H,22,23)/t19-,20+,21+/m1/s1. The van der Waals surface area contributed by atoms with Crippen LogP contribution in [0.3, 0.4) is 0 Å². The zero-order valence-corrected chi connectivity index (χ0v) is 14.9. The highest BCUT2D eigenvalue weighted by Crippen LogP contribution is 2.26. The summed E-state index contributed by atoms with van der Waals surface area (Å²) in [5, 5.41) is 19.9. The predicted octanol–water partition coefficient (Wildman–Crippen LogP) is 2.61. The molecule has 6 heteroatoms. The minimum absolute atomic E-state index is 0.294. The number of imidazole rings is 1. The van der Waals surface area contributed by atoms with Gasteiger partial charge in [0.25, 0.3) is 0 Å². The number of aromatic nitrogens is 2.